The average Bonchev–Trinajstić information content (AvgIpc) is 3.23. The normalized spacial score (nSPS) is 26.6. The van der Waals surface area contributed by atoms with Crippen LogP contribution in [0.15, 0.2) is 104 Å². The molecule has 10 atom stereocenters. The molecule has 63 heavy (non-hydrogen) atoms. The highest BCUT2D eigenvalue weighted by molar-refractivity contribution is 6.99. The number of alkyl halides is 3. The van der Waals surface area contributed by atoms with E-state index < -0.39 is 103 Å². The van der Waals surface area contributed by atoms with Crippen LogP contribution in [0.5, 0.6) is 0 Å². The van der Waals surface area contributed by atoms with Crippen LogP contribution >= 0.6 is 34.8 Å². The number of halogens is 3. The molecule has 0 aliphatic carbocycles. The molecule has 18 heteroatoms. The van der Waals surface area contributed by atoms with E-state index in [0.717, 1.165) is 15.9 Å². The van der Waals surface area contributed by atoms with Gasteiger partial charge >= 0.3 is 18.0 Å². The number of aliphatic hydroxyl groups excluding tert-OH is 1. The zero-order chi connectivity index (χ0) is 46.0. The Balaban J connectivity index is 1.59. The third-order valence-corrected chi connectivity index (χ3v) is 15.8. The van der Waals surface area contributed by atoms with Crippen molar-refractivity contribution in [1.82, 2.24) is 5.32 Å². The molecular formula is C45H56Cl3NO13Si. The Morgan fingerprint density at radius 3 is 1.87 bits per heavy atom. The SMILES string of the molecule is C=CCO[C@H]1O[C@H](CO[Si](c2ccccc2)(c2ccccc2)C(C)(C)C)[C@@H](O)[C@H](O[C@@H]2O[C@@H](C)[C@@H](OC(C)=O)[C@@H](OC(C)=O)[C@@H]2OCc2ccccc2)[C@H]1NC(=O)OCC(Cl)(Cl)Cl. The maximum absolute atomic E-state index is 13.4. The predicted octanol–water partition coefficient (Wildman–Crippen LogP) is 5.90. The Kier molecular flexibility index (Phi) is 18.0. The van der Waals surface area contributed by atoms with Crippen LogP contribution in [0, 0.1) is 0 Å². The van der Waals surface area contributed by atoms with Gasteiger partial charge < -0.3 is 52.7 Å². The van der Waals surface area contributed by atoms with Crippen LogP contribution in [0.25, 0.3) is 0 Å². The summed E-state index contributed by atoms with van der Waals surface area (Å²) in [4.78, 5) is 38.4. The maximum Gasteiger partial charge on any atom is 0.407 e. The van der Waals surface area contributed by atoms with E-state index >= 15 is 0 Å². The first-order chi connectivity index (χ1) is 29.8. The highest BCUT2D eigenvalue weighted by Crippen LogP contribution is 2.39. The van der Waals surface area contributed by atoms with Gasteiger partial charge in [-0.05, 0) is 27.9 Å². The van der Waals surface area contributed by atoms with Crippen LogP contribution < -0.4 is 15.7 Å². The third kappa shape index (κ3) is 13.3. The second-order valence-corrected chi connectivity index (χ2v) is 23.0. The van der Waals surface area contributed by atoms with E-state index in [2.05, 4.69) is 32.7 Å². The Labute approximate surface area is 384 Å². The molecule has 3 aromatic rings. The van der Waals surface area contributed by atoms with Crippen LogP contribution in [0.3, 0.4) is 0 Å². The molecule has 0 bridgehead atoms. The molecule has 2 saturated heterocycles. The van der Waals surface area contributed by atoms with Gasteiger partial charge in [0.2, 0.25) is 3.79 Å². The maximum atomic E-state index is 13.4. The molecule has 3 aromatic carbocycles. The van der Waals surface area contributed by atoms with E-state index in [0.29, 0.717) is 0 Å². The molecule has 5 rings (SSSR count). The van der Waals surface area contributed by atoms with Gasteiger partial charge in [-0.1, -0.05) is 153 Å². The lowest BCUT2D eigenvalue weighted by atomic mass is 9.95. The van der Waals surface area contributed by atoms with Crippen LogP contribution in [0.4, 0.5) is 4.79 Å². The van der Waals surface area contributed by atoms with Gasteiger partial charge in [0.15, 0.2) is 24.8 Å². The Hall–Kier alpha value is -3.58. The van der Waals surface area contributed by atoms with E-state index in [1.165, 1.54) is 19.9 Å². The quantitative estimate of drug-likeness (QED) is 0.0541. The number of hydrogen-bond acceptors (Lipinski definition) is 13. The summed E-state index contributed by atoms with van der Waals surface area (Å²) in [6, 6.07) is 27.6. The fourth-order valence-corrected chi connectivity index (χ4v) is 12.6. The second kappa shape index (κ2) is 22.5. The van der Waals surface area contributed by atoms with Gasteiger partial charge in [-0.2, -0.15) is 0 Å². The number of ether oxygens (including phenoxy) is 8. The standard InChI is InChI=1S/C45H56Cl3NO13Si/c1-8-24-54-41-35(49-43(53)56-27-45(46,47)48)38(36(52)34(61-41)26-57-63(44(5,6)7,32-20-14-10-15-21-32)33-22-16-11-17-23-33)62-42-40(55-25-31-18-12-9-13-19-31)39(60-30(4)51)37(28(2)58-42)59-29(3)50/h8-23,28,34-42,52H,1,24-27H2,2-7H3,(H,49,53)/t28-,34+,35+,36+,37+,38+,39+,40-,41-,42-/m0/s1. The number of rotatable bonds is 17. The summed E-state index contributed by atoms with van der Waals surface area (Å²) in [6.45, 7) is 13.3. The number of carbonyl (C=O) groups is 3. The first-order valence-corrected chi connectivity index (χ1v) is 23.5. The highest BCUT2D eigenvalue weighted by atomic mass is 35.6. The molecule has 2 aliphatic heterocycles. The number of aliphatic hydroxyl groups is 1. The number of benzene rings is 3. The smallest absolute Gasteiger partial charge is 0.407 e. The van der Waals surface area contributed by atoms with E-state index in [1.54, 1.807) is 6.92 Å². The van der Waals surface area contributed by atoms with Gasteiger partial charge in [0, 0.05) is 13.8 Å². The lowest BCUT2D eigenvalue weighted by Crippen LogP contribution is -2.70. The molecule has 14 nitrogen and oxygen atoms in total. The summed E-state index contributed by atoms with van der Waals surface area (Å²) in [7, 11) is -3.21. The molecule has 2 aliphatic rings. The van der Waals surface area contributed by atoms with Gasteiger partial charge in [0.25, 0.3) is 8.32 Å². The molecule has 0 unspecified atom stereocenters. The summed E-state index contributed by atoms with van der Waals surface area (Å²) in [5.74, 6) is -1.35. The summed E-state index contributed by atoms with van der Waals surface area (Å²) < 4.78 is 54.1. The van der Waals surface area contributed by atoms with Gasteiger partial charge in [-0.25, -0.2) is 4.79 Å². The summed E-state index contributed by atoms with van der Waals surface area (Å²) in [6.07, 6.45) is -11.2. The minimum atomic E-state index is -3.21. The average molecular weight is 953 g/mol. The van der Waals surface area contributed by atoms with Crippen molar-refractivity contribution in [3.8, 4) is 0 Å². The Morgan fingerprint density at radius 1 is 0.794 bits per heavy atom. The zero-order valence-corrected chi connectivity index (χ0v) is 39.3. The van der Waals surface area contributed by atoms with Crippen molar-refractivity contribution in [2.45, 2.75) is 118 Å². The van der Waals surface area contributed by atoms with Crippen molar-refractivity contribution in [3.05, 3.63) is 109 Å². The second-order valence-electron chi connectivity index (χ2n) is 16.2. The number of esters is 2. The Morgan fingerprint density at radius 2 is 1.35 bits per heavy atom. The highest BCUT2D eigenvalue weighted by Gasteiger charge is 2.56. The number of carbonyl (C=O) groups excluding carboxylic acids is 3. The van der Waals surface area contributed by atoms with E-state index in [9.17, 15) is 19.5 Å². The van der Waals surface area contributed by atoms with Crippen molar-refractivity contribution in [1.29, 1.82) is 0 Å². The lowest BCUT2D eigenvalue weighted by molar-refractivity contribution is -0.346. The summed E-state index contributed by atoms with van der Waals surface area (Å²) in [5.41, 5.74) is 0.751. The molecule has 0 spiro atoms. The fourth-order valence-electron chi connectivity index (χ4n) is 7.83. The topological polar surface area (TPSA) is 167 Å². The lowest BCUT2D eigenvalue weighted by Gasteiger charge is -2.49. The molecule has 344 valence electrons. The van der Waals surface area contributed by atoms with Crippen molar-refractivity contribution in [2.75, 3.05) is 19.8 Å². The molecule has 2 heterocycles. The fraction of sp³-hybridized carbons (Fsp3) is 0.489. The third-order valence-electron chi connectivity index (χ3n) is 10.5. The Bertz CT molecular complexity index is 1900. The van der Waals surface area contributed by atoms with E-state index in [-0.39, 0.29) is 19.8 Å². The summed E-state index contributed by atoms with van der Waals surface area (Å²) in [5, 5.41) is 16.7. The monoisotopic (exact) mass is 951 g/mol. The van der Waals surface area contributed by atoms with Gasteiger partial charge in [-0.15, -0.1) is 6.58 Å². The molecular weight excluding hydrogens is 897 g/mol. The first-order valence-electron chi connectivity index (χ1n) is 20.5. The van der Waals surface area contributed by atoms with Crippen molar-refractivity contribution >= 4 is 71.5 Å². The van der Waals surface area contributed by atoms with Crippen LogP contribution in [0.1, 0.15) is 47.1 Å². The van der Waals surface area contributed by atoms with Gasteiger partial charge in [0.05, 0.1) is 25.9 Å². The van der Waals surface area contributed by atoms with E-state index in [4.69, 9.17) is 77.1 Å². The van der Waals surface area contributed by atoms with Gasteiger partial charge in [-0.3, -0.25) is 9.59 Å². The van der Waals surface area contributed by atoms with Crippen LogP contribution in [-0.4, -0.2) is 116 Å². The number of nitrogens with one attached hydrogen (secondary N) is 1. The van der Waals surface area contributed by atoms with Crippen molar-refractivity contribution < 1.29 is 61.8 Å². The van der Waals surface area contributed by atoms with Gasteiger partial charge in [0.1, 0.15) is 37.1 Å². The minimum absolute atomic E-state index is 0.0188. The molecule has 2 N–H and O–H groups in total. The molecule has 0 radical (unpaired) electrons. The van der Waals surface area contributed by atoms with Crippen molar-refractivity contribution in [2.24, 2.45) is 0 Å². The number of alkyl carbamates (subject to hydrolysis) is 1. The summed E-state index contributed by atoms with van der Waals surface area (Å²) >= 11 is 17.7. The molecule has 2 fully saturated rings. The molecule has 0 aromatic heterocycles. The zero-order valence-electron chi connectivity index (χ0n) is 36.0. The predicted molar refractivity (Wildman–Crippen MR) is 238 cm³/mol. The van der Waals surface area contributed by atoms with Crippen molar-refractivity contribution in [3.63, 3.8) is 0 Å². The minimum Gasteiger partial charge on any atom is -0.456 e. The molecule has 1 amide bonds. The number of hydrogen-bond donors (Lipinski definition) is 2. The largest absolute Gasteiger partial charge is 0.456 e. The van der Waals surface area contributed by atoms with Crippen LogP contribution in [-0.2, 0) is 58.5 Å². The molecule has 0 saturated carbocycles. The first kappa shape index (κ1) is 50.4. The van der Waals surface area contributed by atoms with Crippen LogP contribution in [0.2, 0.25) is 5.04 Å². The number of amides is 1. The van der Waals surface area contributed by atoms with E-state index in [1.807, 2.05) is 91.0 Å².